The summed E-state index contributed by atoms with van der Waals surface area (Å²) in [6.07, 6.45) is 11.6. The third kappa shape index (κ3) is 11.3. The Morgan fingerprint density at radius 2 is 1.14 bits per heavy atom. The van der Waals surface area contributed by atoms with Crippen LogP contribution in [0, 0.1) is 24.4 Å². The average Bonchev–Trinajstić information content (AvgIpc) is 3.82. The smallest absolute Gasteiger partial charge is 0.461 e. The predicted octanol–water partition coefficient (Wildman–Crippen LogP) is 8.61. The molecule has 2 saturated heterocycles. The first-order valence-corrected chi connectivity index (χ1v) is 26.2. The molecule has 4 bridgehead atoms. The van der Waals surface area contributed by atoms with E-state index in [2.05, 4.69) is 90.1 Å². The number of carbonyl (C=O) groups excluding carboxylic acids is 2. The van der Waals surface area contributed by atoms with Gasteiger partial charge in [0.25, 0.3) is 0 Å². The third-order valence-electron chi connectivity index (χ3n) is 14.9. The zero-order chi connectivity index (χ0) is 45.6. The van der Waals surface area contributed by atoms with Crippen LogP contribution in [0.5, 0.6) is 0 Å². The second kappa shape index (κ2) is 18.6. The highest BCUT2D eigenvalue weighted by Gasteiger charge is 2.61. The fourth-order valence-corrected chi connectivity index (χ4v) is 14.2. The van der Waals surface area contributed by atoms with E-state index in [1.165, 1.54) is 18.3 Å². The van der Waals surface area contributed by atoms with Crippen LogP contribution in [0.1, 0.15) is 162 Å². The summed E-state index contributed by atoms with van der Waals surface area (Å²) < 4.78 is 73.1. The molecule has 2 aromatic rings. The van der Waals surface area contributed by atoms with E-state index < -0.39 is 58.9 Å². The molecule has 354 valence electrons. The van der Waals surface area contributed by atoms with Gasteiger partial charge in [-0.2, -0.15) is 8.78 Å². The Labute approximate surface area is 390 Å². The standard InChI is InChI=1S/C32H46F2O9.C20H26I/c1-28(33,34)26(35)37-20-29-13-21-12-22(14-29)16-30(15-21,19-29)43-27(36)40-25(23-17-38-31(41-23)8-4-2-5-9-31)24-18-39-32(42-24)10-6-3-7-11-32;1-19(2,3)15-7-11-17(12-8-15)21-18-13-9-16(10-14-18)20(4,5)6/h21-25H,2-20H2,1H3;7-14H,1-6H3/q;+1. The number of hydrogen-bond donors (Lipinski definition) is 0. The topological polar surface area (TPSA) is 98.8 Å². The van der Waals surface area contributed by atoms with Gasteiger partial charge in [0.05, 0.1) is 19.8 Å². The monoisotopic (exact) mass is 1010 g/mol. The zero-order valence-electron chi connectivity index (χ0n) is 39.2. The molecule has 4 atom stereocenters. The summed E-state index contributed by atoms with van der Waals surface area (Å²) >= 11 is -0.0703. The van der Waals surface area contributed by atoms with E-state index in [0.29, 0.717) is 39.4 Å². The summed E-state index contributed by atoms with van der Waals surface area (Å²) in [5.74, 6) is -5.78. The number of carbonyl (C=O) groups is 2. The van der Waals surface area contributed by atoms with E-state index in [0.717, 1.165) is 83.5 Å². The Morgan fingerprint density at radius 3 is 1.56 bits per heavy atom. The first-order valence-electron chi connectivity index (χ1n) is 24.1. The van der Waals surface area contributed by atoms with E-state index in [9.17, 15) is 18.4 Å². The maximum atomic E-state index is 13.7. The maximum Gasteiger partial charge on any atom is 0.509 e. The maximum absolute atomic E-state index is 13.7. The molecule has 2 aromatic carbocycles. The van der Waals surface area contributed by atoms with Crippen LogP contribution in [0.4, 0.5) is 13.6 Å². The minimum Gasteiger partial charge on any atom is -0.461 e. The fraction of sp³-hybridized carbons (Fsp3) is 0.731. The lowest BCUT2D eigenvalue weighted by Crippen LogP contribution is -3.61. The summed E-state index contributed by atoms with van der Waals surface area (Å²) in [4.78, 5) is 25.6. The molecule has 64 heavy (non-hydrogen) atoms. The van der Waals surface area contributed by atoms with Gasteiger partial charge in [0, 0.05) is 38.0 Å². The van der Waals surface area contributed by atoms with E-state index >= 15 is 0 Å². The first kappa shape index (κ1) is 48.1. The van der Waals surface area contributed by atoms with Gasteiger partial charge in [0.2, 0.25) is 0 Å². The fourth-order valence-electron chi connectivity index (χ4n) is 12.0. The van der Waals surface area contributed by atoms with Crippen molar-refractivity contribution >= 4 is 12.1 Å². The van der Waals surface area contributed by atoms with Crippen LogP contribution in [0.2, 0.25) is 0 Å². The Kier molecular flexibility index (Phi) is 14.0. The lowest BCUT2D eigenvalue weighted by Gasteiger charge is -2.60. The minimum atomic E-state index is -3.54. The number of rotatable bonds is 9. The molecule has 9 nitrogen and oxygen atoms in total. The van der Waals surface area contributed by atoms with Crippen LogP contribution in [0.15, 0.2) is 48.5 Å². The lowest BCUT2D eigenvalue weighted by molar-refractivity contribution is -0.597. The minimum absolute atomic E-state index is 0.0703. The van der Waals surface area contributed by atoms with Gasteiger partial charge in [-0.05, 0) is 122 Å². The third-order valence-corrected chi connectivity index (χ3v) is 17.6. The van der Waals surface area contributed by atoms with E-state index in [4.69, 9.17) is 33.2 Å². The van der Waals surface area contributed by atoms with Gasteiger partial charge < -0.3 is 33.2 Å². The largest absolute Gasteiger partial charge is 0.509 e. The number of hydrogen-bond acceptors (Lipinski definition) is 9. The van der Waals surface area contributed by atoms with Crippen molar-refractivity contribution < 1.29 is 72.7 Å². The first-order chi connectivity index (χ1) is 30.1. The average molecular weight is 1010 g/mol. The van der Waals surface area contributed by atoms with Crippen molar-refractivity contribution in [3.63, 3.8) is 0 Å². The molecule has 6 saturated carbocycles. The van der Waals surface area contributed by atoms with Crippen LogP contribution in [-0.2, 0) is 48.8 Å². The summed E-state index contributed by atoms with van der Waals surface area (Å²) in [6.45, 7) is 14.7. The van der Waals surface area contributed by atoms with Crippen molar-refractivity contribution in [2.45, 2.75) is 203 Å². The molecule has 2 heterocycles. The van der Waals surface area contributed by atoms with Crippen molar-refractivity contribution in [2.75, 3.05) is 19.8 Å². The van der Waals surface area contributed by atoms with Gasteiger partial charge in [-0.3, -0.25) is 0 Å². The second-order valence-corrected chi connectivity index (χ2v) is 25.6. The van der Waals surface area contributed by atoms with Crippen molar-refractivity contribution in [1.82, 2.24) is 0 Å². The van der Waals surface area contributed by atoms with Crippen LogP contribution in [-0.4, -0.2) is 73.4 Å². The van der Waals surface area contributed by atoms with Crippen LogP contribution < -0.4 is 21.2 Å². The molecule has 0 radical (unpaired) electrons. The summed E-state index contributed by atoms with van der Waals surface area (Å²) in [6, 6.07) is 18.4. The molecule has 2 aliphatic heterocycles. The second-order valence-electron chi connectivity index (χ2n) is 22.5. The molecular formula is C52H72F2IO9+. The Balaban J connectivity index is 0.000000224. The molecule has 6 aliphatic carbocycles. The van der Waals surface area contributed by atoms with Gasteiger partial charge in [0.15, 0.2) is 24.8 Å². The van der Waals surface area contributed by atoms with Crippen LogP contribution in [0.3, 0.4) is 0 Å². The van der Waals surface area contributed by atoms with Gasteiger partial charge in [-0.1, -0.05) is 78.6 Å². The Morgan fingerprint density at radius 1 is 0.688 bits per heavy atom. The zero-order valence-corrected chi connectivity index (χ0v) is 41.4. The molecule has 10 rings (SSSR count). The van der Waals surface area contributed by atoms with Crippen molar-refractivity contribution in [1.29, 1.82) is 0 Å². The van der Waals surface area contributed by atoms with Gasteiger partial charge in [-0.15, -0.1) is 0 Å². The summed E-state index contributed by atoms with van der Waals surface area (Å²) in [5, 5.41) is 0. The highest BCUT2D eigenvalue weighted by molar-refractivity contribution is 5.76. The summed E-state index contributed by atoms with van der Waals surface area (Å²) in [5.41, 5.74) is 2.06. The Hall–Kier alpha value is -2.39. The van der Waals surface area contributed by atoms with Gasteiger partial charge in [-0.25, -0.2) is 9.59 Å². The highest BCUT2D eigenvalue weighted by atomic mass is 127. The Bertz CT molecular complexity index is 1820. The molecule has 0 N–H and O–H groups in total. The number of esters is 1. The normalized spacial score (nSPS) is 31.0. The molecular weight excluding hydrogens is 933 g/mol. The molecule has 8 fully saturated rings. The van der Waals surface area contributed by atoms with E-state index in [1.807, 2.05) is 0 Å². The number of benzene rings is 2. The lowest BCUT2D eigenvalue weighted by atomic mass is 9.48. The molecule has 0 amide bonds. The molecule has 4 unspecified atom stereocenters. The molecule has 12 heteroatoms. The van der Waals surface area contributed by atoms with Crippen molar-refractivity contribution in [3.8, 4) is 0 Å². The highest BCUT2D eigenvalue weighted by Crippen LogP contribution is 2.63. The van der Waals surface area contributed by atoms with Crippen molar-refractivity contribution in [2.24, 2.45) is 17.3 Å². The predicted molar refractivity (Wildman–Crippen MR) is 234 cm³/mol. The van der Waals surface area contributed by atoms with E-state index in [-0.39, 0.29) is 50.5 Å². The van der Waals surface area contributed by atoms with Crippen LogP contribution in [0.25, 0.3) is 0 Å². The molecule has 2 spiro atoms. The quantitative estimate of drug-likeness (QED) is 0.181. The van der Waals surface area contributed by atoms with Gasteiger partial charge in [0.1, 0.15) is 17.8 Å². The summed E-state index contributed by atoms with van der Waals surface area (Å²) in [7, 11) is 0. The SMILES string of the molecule is CC(C)(C)c1ccc([I+]c2ccc(C(C)(C)C)cc2)cc1.CC(F)(F)C(=O)OCC12CC3CC(C1)CC(OC(=O)OC(C1COC4(CCCCC4)O1)C1COC4(CCCCC4)O1)(C3)C2. The van der Waals surface area contributed by atoms with Gasteiger partial charge >= 0.3 is 39.3 Å². The number of ether oxygens (including phenoxy) is 7. The molecule has 8 aliphatic rings. The number of halogens is 3. The number of alkyl halides is 2. The van der Waals surface area contributed by atoms with Crippen molar-refractivity contribution in [3.05, 3.63) is 66.8 Å². The van der Waals surface area contributed by atoms with E-state index in [1.54, 1.807) is 0 Å². The van der Waals surface area contributed by atoms with Crippen LogP contribution >= 0.6 is 0 Å². The molecule has 0 aromatic heterocycles.